The molecule has 0 radical (unpaired) electrons. The number of pyridine rings is 1. The molecule has 0 unspecified atom stereocenters. The molecule has 4 rings (SSSR count). The summed E-state index contributed by atoms with van der Waals surface area (Å²) in [4.78, 5) is 22.2. The number of amides is 1. The van der Waals surface area contributed by atoms with E-state index in [9.17, 15) is 13.2 Å². The number of hydrogen-bond donors (Lipinski definition) is 2. The lowest BCUT2D eigenvalue weighted by Gasteiger charge is -2.12. The average Bonchev–Trinajstić information content (AvgIpc) is 3.25. The van der Waals surface area contributed by atoms with Gasteiger partial charge in [0.15, 0.2) is 5.65 Å². The third kappa shape index (κ3) is 6.91. The van der Waals surface area contributed by atoms with Gasteiger partial charge in [-0.1, -0.05) is 69.2 Å². The van der Waals surface area contributed by atoms with Gasteiger partial charge in [-0.3, -0.25) is 4.79 Å². The molecule has 0 bridgehead atoms. The molecule has 3 N–H and O–H groups in total. The number of nitrogens with one attached hydrogen (secondary N) is 1. The number of rotatable bonds is 12. The first-order valence-electron chi connectivity index (χ1n) is 13.6. The maximum atomic E-state index is 12.3. The highest BCUT2D eigenvalue weighted by molar-refractivity contribution is 7.89. The molecule has 0 aliphatic carbocycles. The molecule has 2 aromatic carbocycles. The average molecular weight is 548 g/mol. The number of nitrogens with zero attached hydrogens (tertiary/aromatic N) is 3. The van der Waals surface area contributed by atoms with E-state index in [1.165, 1.54) is 6.07 Å². The SMILES string of the molecule is CCCCC(=O)Nc1cc2nc(CCCC)n(CCc3ccc(-c4ccccc4S(N)(=O)=O)cc3)c2nc1C. The van der Waals surface area contributed by atoms with Gasteiger partial charge >= 0.3 is 0 Å². The van der Waals surface area contributed by atoms with E-state index in [0.29, 0.717) is 24.2 Å². The Hall–Kier alpha value is -3.56. The molecule has 8 nitrogen and oxygen atoms in total. The number of fused-ring (bicyclic) bond motifs is 1. The minimum absolute atomic E-state index is 0.00173. The molecular formula is C30H37N5O3S. The molecule has 0 saturated carbocycles. The number of unbranched alkanes of at least 4 members (excludes halogenated alkanes) is 2. The second-order valence-electron chi connectivity index (χ2n) is 9.89. The maximum Gasteiger partial charge on any atom is 0.238 e. The number of aromatic nitrogens is 3. The molecule has 206 valence electrons. The lowest BCUT2D eigenvalue weighted by atomic mass is 10.0. The highest BCUT2D eigenvalue weighted by atomic mass is 32.2. The van der Waals surface area contributed by atoms with Gasteiger partial charge in [-0.15, -0.1) is 0 Å². The largest absolute Gasteiger partial charge is 0.324 e. The molecule has 4 aromatic rings. The van der Waals surface area contributed by atoms with Gasteiger partial charge < -0.3 is 9.88 Å². The number of carbonyl (C=O) groups is 1. The Labute approximate surface area is 230 Å². The Bertz CT molecular complexity index is 1560. The Balaban J connectivity index is 1.58. The first-order valence-corrected chi connectivity index (χ1v) is 15.1. The minimum Gasteiger partial charge on any atom is -0.324 e. The number of imidazole rings is 1. The van der Waals surface area contributed by atoms with Gasteiger partial charge in [-0.2, -0.15) is 0 Å². The van der Waals surface area contributed by atoms with E-state index in [1.54, 1.807) is 18.2 Å². The van der Waals surface area contributed by atoms with Crippen LogP contribution < -0.4 is 10.5 Å². The van der Waals surface area contributed by atoms with Crippen molar-refractivity contribution in [2.75, 3.05) is 5.32 Å². The van der Waals surface area contributed by atoms with Crippen molar-refractivity contribution < 1.29 is 13.2 Å². The number of hydrogen-bond acceptors (Lipinski definition) is 5. The second-order valence-corrected chi connectivity index (χ2v) is 11.4. The van der Waals surface area contributed by atoms with Gasteiger partial charge in [0.25, 0.3) is 0 Å². The van der Waals surface area contributed by atoms with E-state index in [2.05, 4.69) is 23.7 Å². The molecule has 39 heavy (non-hydrogen) atoms. The summed E-state index contributed by atoms with van der Waals surface area (Å²) in [6.07, 6.45) is 6.04. The molecular weight excluding hydrogens is 510 g/mol. The van der Waals surface area contributed by atoms with Crippen molar-refractivity contribution >= 4 is 32.8 Å². The Morgan fingerprint density at radius 3 is 2.38 bits per heavy atom. The van der Waals surface area contributed by atoms with Crippen molar-refractivity contribution in [3.05, 3.63) is 71.7 Å². The molecule has 0 fully saturated rings. The van der Waals surface area contributed by atoms with Crippen LogP contribution >= 0.6 is 0 Å². The molecule has 0 aliphatic heterocycles. The highest BCUT2D eigenvalue weighted by Crippen LogP contribution is 2.27. The van der Waals surface area contributed by atoms with Crippen LogP contribution in [0.5, 0.6) is 0 Å². The standard InChI is InChI=1S/C30H37N5O3S/c1-4-6-12-28-33-26-20-25(34-29(36)13-7-5-2)21(3)32-30(26)35(28)19-18-22-14-16-23(17-15-22)24-10-8-9-11-27(24)39(31,37)38/h8-11,14-17,20H,4-7,12-13,18-19H2,1-3H3,(H,34,36)(H2,31,37,38). The summed E-state index contributed by atoms with van der Waals surface area (Å²) in [5.41, 5.74) is 5.60. The van der Waals surface area contributed by atoms with E-state index in [4.69, 9.17) is 15.1 Å². The van der Waals surface area contributed by atoms with Gasteiger partial charge in [0.1, 0.15) is 11.3 Å². The summed E-state index contributed by atoms with van der Waals surface area (Å²) in [6.45, 7) is 6.85. The Morgan fingerprint density at radius 2 is 1.69 bits per heavy atom. The number of aryl methyl sites for hydroxylation is 4. The fourth-order valence-electron chi connectivity index (χ4n) is 4.67. The van der Waals surface area contributed by atoms with Crippen LogP contribution in [0.4, 0.5) is 5.69 Å². The zero-order chi connectivity index (χ0) is 28.0. The number of sulfonamides is 1. The van der Waals surface area contributed by atoms with Crippen LogP contribution in [0.25, 0.3) is 22.3 Å². The topological polar surface area (TPSA) is 120 Å². The van der Waals surface area contributed by atoms with E-state index in [-0.39, 0.29) is 10.8 Å². The summed E-state index contributed by atoms with van der Waals surface area (Å²) in [5, 5.41) is 8.42. The number of carbonyl (C=O) groups excluding carboxylic acids is 1. The lowest BCUT2D eigenvalue weighted by Crippen LogP contribution is -2.13. The van der Waals surface area contributed by atoms with Gasteiger partial charge in [0.05, 0.1) is 16.3 Å². The third-order valence-electron chi connectivity index (χ3n) is 6.86. The van der Waals surface area contributed by atoms with Crippen LogP contribution in [0.3, 0.4) is 0 Å². The molecule has 2 aromatic heterocycles. The summed E-state index contributed by atoms with van der Waals surface area (Å²) in [6, 6.07) is 16.6. The van der Waals surface area contributed by atoms with E-state index >= 15 is 0 Å². The van der Waals surface area contributed by atoms with Crippen molar-refractivity contribution in [3.8, 4) is 11.1 Å². The van der Waals surface area contributed by atoms with Crippen LogP contribution in [0, 0.1) is 6.92 Å². The van der Waals surface area contributed by atoms with Crippen LogP contribution in [0.1, 0.15) is 63.0 Å². The molecule has 0 saturated heterocycles. The van der Waals surface area contributed by atoms with Crippen molar-refractivity contribution in [2.24, 2.45) is 5.14 Å². The third-order valence-corrected chi connectivity index (χ3v) is 7.83. The zero-order valence-corrected chi connectivity index (χ0v) is 23.7. The van der Waals surface area contributed by atoms with E-state index in [0.717, 1.165) is 72.3 Å². The van der Waals surface area contributed by atoms with Gasteiger partial charge in [0, 0.05) is 24.9 Å². The van der Waals surface area contributed by atoms with Crippen LogP contribution in [-0.4, -0.2) is 28.9 Å². The lowest BCUT2D eigenvalue weighted by molar-refractivity contribution is -0.116. The fourth-order valence-corrected chi connectivity index (χ4v) is 5.43. The molecule has 2 heterocycles. The summed E-state index contributed by atoms with van der Waals surface area (Å²) >= 11 is 0. The first kappa shape index (κ1) is 28.4. The highest BCUT2D eigenvalue weighted by Gasteiger charge is 2.17. The molecule has 0 aliphatic rings. The Morgan fingerprint density at radius 1 is 0.974 bits per heavy atom. The second kappa shape index (κ2) is 12.5. The predicted molar refractivity (Wildman–Crippen MR) is 156 cm³/mol. The number of nitrogens with two attached hydrogens (primary N) is 1. The quantitative estimate of drug-likeness (QED) is 0.233. The van der Waals surface area contributed by atoms with Crippen LogP contribution in [0.15, 0.2) is 59.5 Å². The van der Waals surface area contributed by atoms with Gasteiger partial charge in [-0.25, -0.2) is 23.5 Å². The summed E-state index contributed by atoms with van der Waals surface area (Å²) in [7, 11) is -3.82. The minimum atomic E-state index is -3.82. The van der Waals surface area contributed by atoms with Crippen LogP contribution in [0.2, 0.25) is 0 Å². The smallest absolute Gasteiger partial charge is 0.238 e. The van der Waals surface area contributed by atoms with E-state index < -0.39 is 10.0 Å². The van der Waals surface area contributed by atoms with Crippen molar-refractivity contribution in [1.29, 1.82) is 0 Å². The molecule has 0 atom stereocenters. The first-order chi connectivity index (χ1) is 18.7. The number of benzene rings is 2. The zero-order valence-electron chi connectivity index (χ0n) is 22.9. The molecule has 1 amide bonds. The van der Waals surface area contributed by atoms with Crippen molar-refractivity contribution in [2.45, 2.75) is 77.2 Å². The Kier molecular flexibility index (Phi) is 9.14. The van der Waals surface area contributed by atoms with Gasteiger partial charge in [0.2, 0.25) is 15.9 Å². The monoisotopic (exact) mass is 547 g/mol. The molecule has 9 heteroatoms. The molecule has 0 spiro atoms. The fraction of sp³-hybridized carbons (Fsp3) is 0.367. The van der Waals surface area contributed by atoms with E-state index in [1.807, 2.05) is 37.3 Å². The van der Waals surface area contributed by atoms with Crippen molar-refractivity contribution in [1.82, 2.24) is 14.5 Å². The van der Waals surface area contributed by atoms with Crippen molar-refractivity contribution in [3.63, 3.8) is 0 Å². The predicted octanol–water partition coefficient (Wildman–Crippen LogP) is 5.77. The number of anilines is 1. The normalized spacial score (nSPS) is 11.7. The summed E-state index contributed by atoms with van der Waals surface area (Å²) < 4.78 is 26.2. The van der Waals surface area contributed by atoms with Crippen LogP contribution in [-0.2, 0) is 34.2 Å². The number of primary sulfonamides is 1. The summed E-state index contributed by atoms with van der Waals surface area (Å²) in [5.74, 6) is 0.994. The maximum absolute atomic E-state index is 12.3. The van der Waals surface area contributed by atoms with Gasteiger partial charge in [-0.05, 0) is 49.4 Å².